The fourth-order valence-corrected chi connectivity index (χ4v) is 2.40. The molecule has 1 atom stereocenters. The first kappa shape index (κ1) is 14.3. The molecule has 5 heteroatoms. The Kier molecular flexibility index (Phi) is 4.80. The van der Waals surface area contributed by atoms with E-state index in [2.05, 4.69) is 35.1 Å². The third-order valence-corrected chi connectivity index (χ3v) is 3.25. The maximum Gasteiger partial charge on any atom is 0.114 e. The summed E-state index contributed by atoms with van der Waals surface area (Å²) < 4.78 is 2.23. The van der Waals surface area contributed by atoms with Gasteiger partial charge in [0.1, 0.15) is 5.82 Å². The van der Waals surface area contributed by atoms with Gasteiger partial charge in [-0.2, -0.15) is 0 Å². The molecule has 0 amide bonds. The lowest BCUT2D eigenvalue weighted by molar-refractivity contribution is 0.667. The van der Waals surface area contributed by atoms with Crippen LogP contribution in [0.25, 0.3) is 11.0 Å². The second kappa shape index (κ2) is 5.71. The van der Waals surface area contributed by atoms with Crippen LogP contribution in [0.3, 0.4) is 0 Å². The fraction of sp³-hybridized carbons (Fsp3) is 0.417. The van der Waals surface area contributed by atoms with Crippen LogP contribution < -0.4 is 5.32 Å². The topological polar surface area (TPSA) is 29.9 Å². The molecule has 0 saturated carbocycles. The number of aromatic nitrogens is 2. The number of fused-ring (bicyclic) bond motifs is 1. The van der Waals surface area contributed by atoms with Crippen LogP contribution in [0, 0.1) is 0 Å². The number of aryl methyl sites for hydroxylation is 1. The summed E-state index contributed by atoms with van der Waals surface area (Å²) in [5, 5.41) is 3.39. The zero-order chi connectivity index (χ0) is 10.3. The molecule has 2 heterocycles. The molecular formula is C12H17Cl2N3. The smallest absolute Gasteiger partial charge is 0.114 e. The Morgan fingerprint density at radius 3 is 2.71 bits per heavy atom. The van der Waals surface area contributed by atoms with E-state index in [-0.39, 0.29) is 24.8 Å². The molecule has 1 N–H and O–H groups in total. The number of nitrogens with one attached hydrogen (secondary N) is 1. The van der Waals surface area contributed by atoms with E-state index in [1.807, 2.05) is 6.07 Å². The van der Waals surface area contributed by atoms with Crippen molar-refractivity contribution < 1.29 is 0 Å². The summed E-state index contributed by atoms with van der Waals surface area (Å²) in [5.41, 5.74) is 2.35. The number of para-hydroxylation sites is 2. The lowest BCUT2D eigenvalue weighted by Crippen LogP contribution is -2.11. The number of imidazole rings is 1. The maximum atomic E-state index is 4.72. The van der Waals surface area contributed by atoms with Gasteiger partial charge in [-0.1, -0.05) is 12.1 Å². The van der Waals surface area contributed by atoms with E-state index in [1.165, 1.54) is 17.8 Å². The molecule has 3 rings (SSSR count). The predicted octanol–water partition coefficient (Wildman–Crippen LogP) is 2.49. The van der Waals surface area contributed by atoms with Crippen LogP contribution in [0.5, 0.6) is 0 Å². The molecule has 94 valence electrons. The van der Waals surface area contributed by atoms with E-state index in [4.69, 9.17) is 4.98 Å². The van der Waals surface area contributed by atoms with Crippen LogP contribution in [-0.2, 0) is 7.05 Å². The SMILES string of the molecule is Cl.Cl.Cn1c(C2CCNC2)nc2ccccc21. The molecule has 1 unspecified atom stereocenters. The van der Waals surface area contributed by atoms with Gasteiger partial charge in [0.15, 0.2) is 0 Å². The van der Waals surface area contributed by atoms with E-state index in [9.17, 15) is 0 Å². The Labute approximate surface area is 113 Å². The number of hydrogen-bond donors (Lipinski definition) is 1. The summed E-state index contributed by atoms with van der Waals surface area (Å²) in [6.45, 7) is 2.19. The van der Waals surface area contributed by atoms with Gasteiger partial charge in [0, 0.05) is 19.5 Å². The summed E-state index contributed by atoms with van der Waals surface area (Å²) in [6.07, 6.45) is 1.21. The Morgan fingerprint density at radius 1 is 1.29 bits per heavy atom. The molecule has 1 aliphatic heterocycles. The van der Waals surface area contributed by atoms with Crippen LogP contribution >= 0.6 is 24.8 Å². The first-order valence-corrected chi connectivity index (χ1v) is 5.48. The number of benzene rings is 1. The molecule has 0 spiro atoms. The summed E-state index contributed by atoms with van der Waals surface area (Å²) in [5.74, 6) is 1.81. The maximum absolute atomic E-state index is 4.72. The highest BCUT2D eigenvalue weighted by Crippen LogP contribution is 2.24. The minimum Gasteiger partial charge on any atom is -0.331 e. The van der Waals surface area contributed by atoms with Crippen LogP contribution in [0.2, 0.25) is 0 Å². The van der Waals surface area contributed by atoms with Crippen molar-refractivity contribution in [1.29, 1.82) is 0 Å². The third kappa shape index (κ3) is 2.41. The number of nitrogens with zero attached hydrogens (tertiary/aromatic N) is 2. The molecule has 1 aromatic heterocycles. The van der Waals surface area contributed by atoms with Gasteiger partial charge in [-0.05, 0) is 25.1 Å². The number of hydrogen-bond acceptors (Lipinski definition) is 2. The molecule has 0 aliphatic carbocycles. The lowest BCUT2D eigenvalue weighted by atomic mass is 10.1. The minimum atomic E-state index is 0. The predicted molar refractivity (Wildman–Crippen MR) is 75.4 cm³/mol. The quantitative estimate of drug-likeness (QED) is 0.866. The Hall–Kier alpha value is -0.770. The van der Waals surface area contributed by atoms with Crippen LogP contribution in [0.1, 0.15) is 18.2 Å². The van der Waals surface area contributed by atoms with E-state index in [0.717, 1.165) is 18.6 Å². The highest BCUT2D eigenvalue weighted by atomic mass is 35.5. The molecule has 1 saturated heterocycles. The molecular weight excluding hydrogens is 257 g/mol. The largest absolute Gasteiger partial charge is 0.331 e. The van der Waals surface area contributed by atoms with Crippen molar-refractivity contribution in [2.24, 2.45) is 7.05 Å². The van der Waals surface area contributed by atoms with Crippen molar-refractivity contribution >= 4 is 35.8 Å². The molecule has 1 fully saturated rings. The normalized spacial score (nSPS) is 18.8. The molecule has 1 aliphatic rings. The first-order valence-electron chi connectivity index (χ1n) is 5.48. The summed E-state index contributed by atoms with van der Waals surface area (Å²) in [6, 6.07) is 8.34. The Bertz CT molecular complexity index is 489. The van der Waals surface area contributed by atoms with Gasteiger partial charge in [0.2, 0.25) is 0 Å². The van der Waals surface area contributed by atoms with E-state index in [1.54, 1.807) is 0 Å². The van der Waals surface area contributed by atoms with Crippen molar-refractivity contribution in [3.05, 3.63) is 30.1 Å². The second-order valence-corrected chi connectivity index (χ2v) is 4.21. The third-order valence-electron chi connectivity index (χ3n) is 3.25. The van der Waals surface area contributed by atoms with Crippen molar-refractivity contribution in [3.8, 4) is 0 Å². The number of rotatable bonds is 1. The minimum absolute atomic E-state index is 0. The zero-order valence-corrected chi connectivity index (χ0v) is 11.4. The highest BCUT2D eigenvalue weighted by molar-refractivity contribution is 5.85. The Morgan fingerprint density at radius 2 is 2.06 bits per heavy atom. The molecule has 0 bridgehead atoms. The average molecular weight is 274 g/mol. The molecule has 3 nitrogen and oxygen atoms in total. The van der Waals surface area contributed by atoms with Crippen LogP contribution in [0.4, 0.5) is 0 Å². The van der Waals surface area contributed by atoms with E-state index >= 15 is 0 Å². The molecule has 17 heavy (non-hydrogen) atoms. The first-order chi connectivity index (χ1) is 7.36. The Balaban J connectivity index is 0.000000722. The summed E-state index contributed by atoms with van der Waals surface area (Å²) in [4.78, 5) is 4.72. The summed E-state index contributed by atoms with van der Waals surface area (Å²) in [7, 11) is 2.11. The van der Waals surface area contributed by atoms with Gasteiger partial charge in [0.25, 0.3) is 0 Å². The molecule has 2 aromatic rings. The van der Waals surface area contributed by atoms with E-state index < -0.39 is 0 Å². The van der Waals surface area contributed by atoms with Gasteiger partial charge in [-0.25, -0.2) is 4.98 Å². The van der Waals surface area contributed by atoms with Gasteiger partial charge >= 0.3 is 0 Å². The van der Waals surface area contributed by atoms with Crippen molar-refractivity contribution in [1.82, 2.24) is 14.9 Å². The highest BCUT2D eigenvalue weighted by Gasteiger charge is 2.21. The van der Waals surface area contributed by atoms with Gasteiger partial charge in [-0.3, -0.25) is 0 Å². The van der Waals surface area contributed by atoms with E-state index in [0.29, 0.717) is 5.92 Å². The van der Waals surface area contributed by atoms with Crippen molar-refractivity contribution in [3.63, 3.8) is 0 Å². The summed E-state index contributed by atoms with van der Waals surface area (Å²) >= 11 is 0. The monoisotopic (exact) mass is 273 g/mol. The number of halogens is 2. The standard InChI is InChI=1S/C12H15N3.2ClH/c1-15-11-5-3-2-4-10(11)14-12(15)9-6-7-13-8-9;;/h2-5,9,13H,6-8H2,1H3;2*1H. The lowest BCUT2D eigenvalue weighted by Gasteiger charge is -2.07. The van der Waals surface area contributed by atoms with Gasteiger partial charge < -0.3 is 9.88 Å². The molecule has 0 radical (unpaired) electrons. The fourth-order valence-electron chi connectivity index (χ4n) is 2.40. The molecule has 1 aromatic carbocycles. The van der Waals surface area contributed by atoms with Crippen molar-refractivity contribution in [2.45, 2.75) is 12.3 Å². The average Bonchev–Trinajstić information content (AvgIpc) is 2.87. The second-order valence-electron chi connectivity index (χ2n) is 4.21. The van der Waals surface area contributed by atoms with Crippen LogP contribution in [-0.4, -0.2) is 22.6 Å². The van der Waals surface area contributed by atoms with Gasteiger partial charge in [-0.15, -0.1) is 24.8 Å². The van der Waals surface area contributed by atoms with Gasteiger partial charge in [0.05, 0.1) is 11.0 Å². The zero-order valence-electron chi connectivity index (χ0n) is 9.72. The van der Waals surface area contributed by atoms with Crippen LogP contribution in [0.15, 0.2) is 24.3 Å². The van der Waals surface area contributed by atoms with Crippen molar-refractivity contribution in [2.75, 3.05) is 13.1 Å².